The molecule has 17 heavy (non-hydrogen) atoms. The number of H-pyrrole nitrogens is 1. The largest absolute Gasteiger partial charge is 0.416 e. The highest BCUT2D eigenvalue weighted by atomic mass is 32.1. The fourth-order valence-electron chi connectivity index (χ4n) is 1.51. The summed E-state index contributed by atoms with van der Waals surface area (Å²) in [5.74, 6) is 0. The smallest absolute Gasteiger partial charge is 0.312 e. The Balaban J connectivity index is 2.43. The number of hydrogen-bond acceptors (Lipinski definition) is 2. The first-order chi connectivity index (χ1) is 7.88. The van der Waals surface area contributed by atoms with Gasteiger partial charge < -0.3 is 4.98 Å². The van der Waals surface area contributed by atoms with Crippen molar-refractivity contribution in [1.82, 2.24) is 4.98 Å². The van der Waals surface area contributed by atoms with Crippen molar-refractivity contribution in [2.75, 3.05) is 0 Å². The van der Waals surface area contributed by atoms with Crippen LogP contribution in [-0.4, -0.2) is 4.98 Å². The number of aryl methyl sites for hydroxylation is 1. The molecule has 0 atom stereocenters. The molecule has 1 heterocycles. The molecule has 2 nitrogen and oxygen atoms in total. The Morgan fingerprint density at radius 3 is 2.18 bits per heavy atom. The lowest BCUT2D eigenvalue weighted by molar-refractivity contribution is -0.137. The van der Waals surface area contributed by atoms with Gasteiger partial charge in [-0.15, -0.1) is 0 Å². The molecule has 2 aromatic rings. The summed E-state index contributed by atoms with van der Waals surface area (Å²) in [5.41, 5.74) is 0.457. The number of benzene rings is 1. The lowest BCUT2D eigenvalue weighted by Crippen LogP contribution is -2.04. The zero-order valence-corrected chi connectivity index (χ0v) is 9.58. The minimum Gasteiger partial charge on any atom is -0.312 e. The summed E-state index contributed by atoms with van der Waals surface area (Å²) >= 11 is 1.04. The van der Waals surface area contributed by atoms with Crippen LogP contribution in [0.2, 0.25) is 0 Å². The molecule has 0 saturated heterocycles. The van der Waals surface area contributed by atoms with Gasteiger partial charge in [-0.05, 0) is 24.6 Å². The van der Waals surface area contributed by atoms with E-state index in [1.54, 1.807) is 6.92 Å². The molecule has 0 bridgehead atoms. The molecular formula is C11H8F3NOS. The van der Waals surface area contributed by atoms with Crippen molar-refractivity contribution >= 4 is 11.3 Å². The van der Waals surface area contributed by atoms with E-state index in [-0.39, 0.29) is 4.87 Å². The van der Waals surface area contributed by atoms with Crippen molar-refractivity contribution in [3.8, 4) is 11.3 Å². The fraction of sp³-hybridized carbons (Fsp3) is 0.182. The number of aromatic amines is 1. The number of nitrogens with one attached hydrogen (secondary N) is 1. The summed E-state index contributed by atoms with van der Waals surface area (Å²) in [7, 11) is 0. The molecule has 0 aliphatic heterocycles. The second-order valence-electron chi connectivity index (χ2n) is 3.52. The summed E-state index contributed by atoms with van der Waals surface area (Å²) in [6.45, 7) is 1.75. The van der Waals surface area contributed by atoms with E-state index in [9.17, 15) is 18.0 Å². The van der Waals surface area contributed by atoms with Crippen LogP contribution in [0.1, 0.15) is 10.4 Å². The molecule has 90 valence electrons. The first-order valence-corrected chi connectivity index (χ1v) is 5.57. The van der Waals surface area contributed by atoms with Gasteiger partial charge in [0.1, 0.15) is 0 Å². The van der Waals surface area contributed by atoms with Crippen molar-refractivity contribution in [1.29, 1.82) is 0 Å². The minimum atomic E-state index is -4.34. The molecule has 1 aromatic heterocycles. The number of aromatic nitrogens is 1. The topological polar surface area (TPSA) is 32.9 Å². The molecule has 2 rings (SSSR count). The second kappa shape index (κ2) is 4.03. The predicted molar refractivity (Wildman–Crippen MR) is 60.1 cm³/mol. The van der Waals surface area contributed by atoms with Gasteiger partial charge in [-0.3, -0.25) is 4.79 Å². The highest BCUT2D eigenvalue weighted by Gasteiger charge is 2.30. The third kappa shape index (κ3) is 2.41. The third-order valence-electron chi connectivity index (χ3n) is 2.33. The quantitative estimate of drug-likeness (QED) is 0.836. The van der Waals surface area contributed by atoms with Crippen molar-refractivity contribution in [2.24, 2.45) is 0 Å². The maximum atomic E-state index is 12.3. The molecule has 0 amide bonds. The molecule has 0 fully saturated rings. The molecule has 0 aliphatic carbocycles. The lowest BCUT2D eigenvalue weighted by Gasteiger charge is -2.07. The third-order valence-corrected chi connectivity index (χ3v) is 3.12. The van der Waals surface area contributed by atoms with E-state index in [1.807, 2.05) is 0 Å². The SMILES string of the molecule is Cc1sc(=O)[nH]c1-c1ccc(C(F)(F)F)cc1. The number of hydrogen-bond donors (Lipinski definition) is 1. The maximum absolute atomic E-state index is 12.3. The highest BCUT2D eigenvalue weighted by Crippen LogP contribution is 2.31. The highest BCUT2D eigenvalue weighted by molar-refractivity contribution is 7.09. The van der Waals surface area contributed by atoms with Gasteiger partial charge in [-0.25, -0.2) is 0 Å². The van der Waals surface area contributed by atoms with Crippen LogP contribution in [-0.2, 0) is 6.18 Å². The van der Waals surface area contributed by atoms with Gasteiger partial charge in [0.15, 0.2) is 0 Å². The van der Waals surface area contributed by atoms with E-state index < -0.39 is 11.7 Å². The summed E-state index contributed by atoms with van der Waals surface area (Å²) in [6.07, 6.45) is -4.34. The van der Waals surface area contributed by atoms with Crippen LogP contribution in [0.15, 0.2) is 29.1 Å². The van der Waals surface area contributed by atoms with Gasteiger partial charge in [0.05, 0.1) is 11.3 Å². The monoisotopic (exact) mass is 259 g/mol. The summed E-state index contributed by atoms with van der Waals surface area (Å²) in [5, 5.41) is 0. The van der Waals surface area contributed by atoms with E-state index in [0.29, 0.717) is 11.3 Å². The van der Waals surface area contributed by atoms with Crippen molar-refractivity contribution in [2.45, 2.75) is 13.1 Å². The Labute approximate surface area is 98.7 Å². The van der Waals surface area contributed by atoms with Crippen molar-refractivity contribution in [3.63, 3.8) is 0 Å². The van der Waals surface area contributed by atoms with Gasteiger partial charge in [0.25, 0.3) is 0 Å². The maximum Gasteiger partial charge on any atom is 0.416 e. The summed E-state index contributed by atoms with van der Waals surface area (Å²) in [4.78, 5) is 14.2. The Morgan fingerprint density at radius 1 is 1.18 bits per heavy atom. The van der Waals surface area contributed by atoms with Crippen LogP contribution in [0.25, 0.3) is 11.3 Å². The molecule has 0 spiro atoms. The molecule has 0 unspecified atom stereocenters. The van der Waals surface area contributed by atoms with E-state index in [1.165, 1.54) is 12.1 Å². The van der Waals surface area contributed by atoms with Crippen LogP contribution >= 0.6 is 11.3 Å². The van der Waals surface area contributed by atoms with Gasteiger partial charge in [0, 0.05) is 4.88 Å². The van der Waals surface area contributed by atoms with Crippen molar-refractivity contribution in [3.05, 3.63) is 44.4 Å². The Bertz CT molecular complexity index is 580. The Hall–Kier alpha value is -1.56. The average molecular weight is 259 g/mol. The Morgan fingerprint density at radius 2 is 1.76 bits per heavy atom. The first kappa shape index (κ1) is 11.9. The van der Waals surface area contributed by atoms with Gasteiger partial charge in [0.2, 0.25) is 0 Å². The number of halogens is 3. The predicted octanol–water partition coefficient (Wildman–Crippen LogP) is 3.43. The zero-order chi connectivity index (χ0) is 12.6. The first-order valence-electron chi connectivity index (χ1n) is 4.75. The summed E-state index contributed by atoms with van der Waals surface area (Å²) < 4.78 is 37.0. The van der Waals surface area contributed by atoms with Gasteiger partial charge >= 0.3 is 11.0 Å². The number of rotatable bonds is 1. The normalized spacial score (nSPS) is 11.8. The average Bonchev–Trinajstić information content (AvgIpc) is 2.57. The van der Waals surface area contributed by atoms with Crippen LogP contribution in [0.4, 0.5) is 13.2 Å². The second-order valence-corrected chi connectivity index (χ2v) is 4.71. The minimum absolute atomic E-state index is 0.211. The van der Waals surface area contributed by atoms with Crippen LogP contribution in [0, 0.1) is 6.92 Å². The van der Waals surface area contributed by atoms with Gasteiger partial charge in [-0.1, -0.05) is 23.5 Å². The lowest BCUT2D eigenvalue weighted by atomic mass is 10.1. The standard InChI is InChI=1S/C11H8F3NOS/c1-6-9(15-10(16)17-6)7-2-4-8(5-3-7)11(12,13)14/h2-5H,1H3,(H,15,16). The molecule has 1 N–H and O–H groups in total. The number of alkyl halides is 3. The summed E-state index contributed by atoms with van der Waals surface area (Å²) in [6, 6.07) is 4.72. The molecule has 0 radical (unpaired) electrons. The number of thiazole rings is 1. The molecular weight excluding hydrogens is 251 g/mol. The van der Waals surface area contributed by atoms with Crippen LogP contribution in [0.5, 0.6) is 0 Å². The van der Waals surface area contributed by atoms with E-state index >= 15 is 0 Å². The van der Waals surface area contributed by atoms with E-state index in [4.69, 9.17) is 0 Å². The molecule has 0 saturated carbocycles. The van der Waals surface area contributed by atoms with E-state index in [2.05, 4.69) is 4.98 Å². The Kier molecular flexibility index (Phi) is 2.82. The van der Waals surface area contributed by atoms with Crippen LogP contribution < -0.4 is 4.87 Å². The van der Waals surface area contributed by atoms with E-state index in [0.717, 1.165) is 28.3 Å². The molecule has 6 heteroatoms. The van der Waals surface area contributed by atoms with Crippen LogP contribution in [0.3, 0.4) is 0 Å². The molecule has 0 aliphatic rings. The molecule has 1 aromatic carbocycles. The van der Waals surface area contributed by atoms with Gasteiger partial charge in [-0.2, -0.15) is 13.2 Å². The van der Waals surface area contributed by atoms with Crippen molar-refractivity contribution < 1.29 is 13.2 Å². The zero-order valence-electron chi connectivity index (χ0n) is 8.76. The fourth-order valence-corrected chi connectivity index (χ4v) is 2.21.